The van der Waals surface area contributed by atoms with Crippen molar-refractivity contribution in [3.63, 3.8) is 0 Å². The van der Waals surface area contributed by atoms with Crippen LogP contribution in [0.2, 0.25) is 0 Å². The number of aromatic nitrogens is 4. The third kappa shape index (κ3) is 3.30. The molecule has 4 rings (SSSR count). The maximum Gasteiger partial charge on any atom is 0.255 e. The zero-order valence-electron chi connectivity index (χ0n) is 16.8. The van der Waals surface area contributed by atoms with Crippen LogP contribution >= 0.6 is 0 Å². The van der Waals surface area contributed by atoms with E-state index >= 15 is 0 Å². The molecule has 0 aromatic carbocycles. The van der Waals surface area contributed by atoms with Crippen molar-refractivity contribution in [1.29, 1.82) is 0 Å². The molecule has 6 heteroatoms. The molecule has 0 amide bonds. The molecule has 0 saturated heterocycles. The van der Waals surface area contributed by atoms with E-state index in [1.165, 1.54) is 11.3 Å². The Morgan fingerprint density at radius 2 is 1.96 bits per heavy atom. The summed E-state index contributed by atoms with van der Waals surface area (Å²) in [6.07, 6.45) is 2.93. The maximum absolute atomic E-state index is 12.7. The summed E-state index contributed by atoms with van der Waals surface area (Å²) in [6, 6.07) is 4.14. The van der Waals surface area contributed by atoms with Gasteiger partial charge in [0.25, 0.3) is 5.56 Å². The molecule has 1 N–H and O–H groups in total. The summed E-state index contributed by atoms with van der Waals surface area (Å²) in [5.74, 6) is 0.771. The SMILES string of the molecule is Cc1ccc2nc(C)c(CN3CCc4nc(C(C)(C)C)[nH]c(=O)c4C3)n2c1. The van der Waals surface area contributed by atoms with Crippen LogP contribution in [0.5, 0.6) is 0 Å². The van der Waals surface area contributed by atoms with Crippen LogP contribution in [0.3, 0.4) is 0 Å². The summed E-state index contributed by atoms with van der Waals surface area (Å²) in [6.45, 7) is 12.7. The molecule has 27 heavy (non-hydrogen) atoms. The summed E-state index contributed by atoms with van der Waals surface area (Å²) in [4.78, 5) is 27.4. The molecular formula is C21H27N5O. The second-order valence-electron chi connectivity index (χ2n) is 8.63. The minimum atomic E-state index is -0.156. The molecule has 0 fully saturated rings. The molecular weight excluding hydrogens is 338 g/mol. The average molecular weight is 365 g/mol. The van der Waals surface area contributed by atoms with Gasteiger partial charge in [0.1, 0.15) is 11.5 Å². The van der Waals surface area contributed by atoms with E-state index in [-0.39, 0.29) is 11.0 Å². The number of imidazole rings is 1. The summed E-state index contributed by atoms with van der Waals surface area (Å²) >= 11 is 0. The van der Waals surface area contributed by atoms with Crippen LogP contribution in [0.1, 0.15) is 54.8 Å². The van der Waals surface area contributed by atoms with Gasteiger partial charge >= 0.3 is 0 Å². The van der Waals surface area contributed by atoms with Gasteiger partial charge in [-0.2, -0.15) is 0 Å². The second-order valence-corrected chi connectivity index (χ2v) is 8.63. The molecule has 0 unspecified atom stereocenters. The molecule has 0 saturated carbocycles. The van der Waals surface area contributed by atoms with E-state index in [9.17, 15) is 4.79 Å². The number of hydrogen-bond acceptors (Lipinski definition) is 4. The standard InChI is InChI=1S/C21H27N5O/c1-13-6-7-18-22-14(2)17(26(18)10-13)12-25-9-8-16-15(11-25)19(27)24-20(23-16)21(3,4)5/h6-7,10H,8-9,11-12H2,1-5H3,(H,23,24,27). The lowest BCUT2D eigenvalue weighted by molar-refractivity contribution is 0.237. The van der Waals surface area contributed by atoms with E-state index in [4.69, 9.17) is 4.98 Å². The molecule has 1 aliphatic rings. The Hall–Kier alpha value is -2.47. The third-order valence-corrected chi connectivity index (χ3v) is 5.30. The van der Waals surface area contributed by atoms with Crippen molar-refractivity contribution in [2.45, 2.75) is 59.5 Å². The Morgan fingerprint density at radius 3 is 2.70 bits per heavy atom. The Labute approximate surface area is 159 Å². The summed E-state index contributed by atoms with van der Waals surface area (Å²) in [7, 11) is 0. The minimum absolute atomic E-state index is 0.000309. The van der Waals surface area contributed by atoms with Crippen molar-refractivity contribution in [2.75, 3.05) is 6.54 Å². The molecule has 142 valence electrons. The van der Waals surface area contributed by atoms with Crippen LogP contribution in [-0.2, 0) is 24.9 Å². The maximum atomic E-state index is 12.7. The minimum Gasteiger partial charge on any atom is -0.310 e. The highest BCUT2D eigenvalue weighted by Crippen LogP contribution is 2.22. The zero-order chi connectivity index (χ0) is 19.3. The fourth-order valence-corrected chi connectivity index (χ4v) is 3.69. The number of aryl methyl sites for hydroxylation is 2. The van der Waals surface area contributed by atoms with Gasteiger partial charge in [0, 0.05) is 37.7 Å². The van der Waals surface area contributed by atoms with Gasteiger partial charge in [-0.25, -0.2) is 9.97 Å². The quantitative estimate of drug-likeness (QED) is 0.758. The fourth-order valence-electron chi connectivity index (χ4n) is 3.69. The number of hydrogen-bond donors (Lipinski definition) is 1. The number of H-pyrrole nitrogens is 1. The Morgan fingerprint density at radius 1 is 1.19 bits per heavy atom. The molecule has 0 spiro atoms. The normalized spacial score (nSPS) is 15.3. The zero-order valence-corrected chi connectivity index (χ0v) is 16.8. The van der Waals surface area contributed by atoms with Gasteiger partial charge in [-0.3, -0.25) is 9.69 Å². The van der Waals surface area contributed by atoms with Crippen molar-refractivity contribution in [2.24, 2.45) is 0 Å². The molecule has 0 atom stereocenters. The van der Waals surface area contributed by atoms with Gasteiger partial charge in [-0.1, -0.05) is 26.8 Å². The molecule has 0 bridgehead atoms. The van der Waals surface area contributed by atoms with Crippen molar-refractivity contribution >= 4 is 5.65 Å². The van der Waals surface area contributed by atoms with Crippen LogP contribution in [-0.4, -0.2) is 30.8 Å². The predicted molar refractivity (Wildman–Crippen MR) is 106 cm³/mol. The smallest absolute Gasteiger partial charge is 0.255 e. The first-order valence-electron chi connectivity index (χ1n) is 9.51. The third-order valence-electron chi connectivity index (χ3n) is 5.30. The van der Waals surface area contributed by atoms with Crippen LogP contribution in [0, 0.1) is 13.8 Å². The molecule has 3 aromatic rings. The topological polar surface area (TPSA) is 66.3 Å². The monoisotopic (exact) mass is 365 g/mol. The molecule has 6 nitrogen and oxygen atoms in total. The van der Waals surface area contributed by atoms with Gasteiger partial charge in [0.15, 0.2) is 0 Å². The first-order chi connectivity index (χ1) is 12.7. The van der Waals surface area contributed by atoms with Crippen molar-refractivity contribution in [1.82, 2.24) is 24.3 Å². The molecule has 0 radical (unpaired) electrons. The van der Waals surface area contributed by atoms with Gasteiger partial charge in [0.05, 0.1) is 22.6 Å². The van der Waals surface area contributed by atoms with Crippen LogP contribution in [0.15, 0.2) is 23.1 Å². The number of aromatic amines is 1. The Bertz CT molecular complexity index is 1070. The highest BCUT2D eigenvalue weighted by atomic mass is 16.1. The van der Waals surface area contributed by atoms with Gasteiger partial charge < -0.3 is 9.38 Å². The van der Waals surface area contributed by atoms with E-state index in [0.717, 1.165) is 47.9 Å². The lowest BCUT2D eigenvalue weighted by atomic mass is 9.95. The van der Waals surface area contributed by atoms with Crippen molar-refractivity contribution in [3.8, 4) is 0 Å². The van der Waals surface area contributed by atoms with Crippen LogP contribution in [0.4, 0.5) is 0 Å². The van der Waals surface area contributed by atoms with E-state index in [1.807, 2.05) is 0 Å². The fraction of sp³-hybridized carbons (Fsp3) is 0.476. The van der Waals surface area contributed by atoms with E-state index < -0.39 is 0 Å². The molecule has 4 heterocycles. The van der Waals surface area contributed by atoms with Crippen molar-refractivity contribution < 1.29 is 0 Å². The van der Waals surface area contributed by atoms with Gasteiger partial charge in [-0.05, 0) is 25.5 Å². The highest BCUT2D eigenvalue weighted by Gasteiger charge is 2.25. The number of rotatable bonds is 2. The van der Waals surface area contributed by atoms with Gasteiger partial charge in [0.2, 0.25) is 0 Å². The summed E-state index contributed by atoms with van der Waals surface area (Å²) < 4.78 is 2.17. The Kier molecular flexibility index (Phi) is 4.18. The highest BCUT2D eigenvalue weighted by molar-refractivity contribution is 5.44. The van der Waals surface area contributed by atoms with Crippen molar-refractivity contribution in [3.05, 3.63) is 62.7 Å². The molecule has 1 aliphatic heterocycles. The lowest BCUT2D eigenvalue weighted by Crippen LogP contribution is -2.37. The van der Waals surface area contributed by atoms with E-state index in [1.54, 1.807) is 0 Å². The number of nitrogens with zero attached hydrogens (tertiary/aromatic N) is 4. The number of nitrogens with one attached hydrogen (secondary N) is 1. The first kappa shape index (κ1) is 17.9. The number of fused-ring (bicyclic) bond motifs is 2. The number of pyridine rings is 1. The van der Waals surface area contributed by atoms with E-state index in [0.29, 0.717) is 6.54 Å². The predicted octanol–water partition coefficient (Wildman–Crippen LogP) is 2.89. The molecule has 0 aliphatic carbocycles. The van der Waals surface area contributed by atoms with Crippen LogP contribution < -0.4 is 5.56 Å². The summed E-state index contributed by atoms with van der Waals surface area (Å²) in [5, 5.41) is 0. The van der Waals surface area contributed by atoms with Gasteiger partial charge in [-0.15, -0.1) is 0 Å². The summed E-state index contributed by atoms with van der Waals surface area (Å²) in [5.41, 5.74) is 6.01. The average Bonchev–Trinajstić information content (AvgIpc) is 2.89. The van der Waals surface area contributed by atoms with Crippen LogP contribution in [0.25, 0.3) is 5.65 Å². The largest absolute Gasteiger partial charge is 0.310 e. The van der Waals surface area contributed by atoms with E-state index in [2.05, 4.69) is 72.2 Å². The lowest BCUT2D eigenvalue weighted by Gasteiger charge is -2.29. The second kappa shape index (κ2) is 6.30. The Balaban J connectivity index is 1.64. The first-order valence-corrected chi connectivity index (χ1v) is 9.51. The molecule has 3 aromatic heterocycles.